The van der Waals surface area contributed by atoms with Crippen LogP contribution in [0.1, 0.15) is 37.1 Å². The number of esters is 1. The number of rotatable bonds is 10. The van der Waals surface area contributed by atoms with Gasteiger partial charge in [-0.25, -0.2) is 9.55 Å². The zero-order chi connectivity index (χ0) is 30.8. The smallest absolute Gasteiger partial charge is 0.464 e. The van der Waals surface area contributed by atoms with Crippen molar-refractivity contribution in [3.8, 4) is 11.5 Å². The van der Waals surface area contributed by atoms with E-state index in [4.69, 9.17) is 18.9 Å². The van der Waals surface area contributed by atoms with Gasteiger partial charge in [-0.2, -0.15) is 43.2 Å². The molecule has 1 unspecified atom stereocenters. The van der Waals surface area contributed by atoms with E-state index in [0.29, 0.717) is 6.42 Å². The van der Waals surface area contributed by atoms with Crippen molar-refractivity contribution in [1.29, 1.82) is 0 Å². The summed E-state index contributed by atoms with van der Waals surface area (Å²) in [6.07, 6.45) is 2.91. The number of alkyl halides is 6. The van der Waals surface area contributed by atoms with Crippen LogP contribution in [0.25, 0.3) is 0 Å². The maximum absolute atomic E-state index is 13.7. The average Bonchev–Trinajstić information content (AvgIpc) is 3.49. The molecule has 0 bridgehead atoms. The molecular weight excluding hydrogens is 616 g/mol. The van der Waals surface area contributed by atoms with Gasteiger partial charge in [-0.05, 0) is 24.1 Å². The fourth-order valence-corrected chi connectivity index (χ4v) is 6.12. The van der Waals surface area contributed by atoms with E-state index in [1.54, 1.807) is 6.92 Å². The highest BCUT2D eigenvalue weighted by molar-refractivity contribution is 7.98. The molecule has 2 heterocycles. The summed E-state index contributed by atoms with van der Waals surface area (Å²) in [4.78, 5) is 15.5. The third kappa shape index (κ3) is 6.52. The fourth-order valence-electron chi connectivity index (χ4n) is 3.42. The van der Waals surface area contributed by atoms with Crippen molar-refractivity contribution >= 4 is 31.9 Å². The first kappa shape index (κ1) is 32.0. The number of ether oxygens (including phenoxy) is 4. The summed E-state index contributed by atoms with van der Waals surface area (Å²) in [6.45, 7) is 0.0689. The number of fused-ring (bicyclic) bond motifs is 1. The third-order valence-corrected chi connectivity index (χ3v) is 9.01. The number of H-pyrrole nitrogens is 1. The summed E-state index contributed by atoms with van der Waals surface area (Å²) < 4.78 is 152. The maximum atomic E-state index is 13.7. The average molecular weight is 640 g/mol. The van der Waals surface area contributed by atoms with E-state index in [1.165, 1.54) is 25.2 Å². The van der Waals surface area contributed by atoms with Crippen LogP contribution in [0.4, 0.5) is 26.3 Å². The topological polar surface area (TPSA) is 145 Å². The van der Waals surface area contributed by atoms with Crippen LogP contribution in [-0.4, -0.2) is 61.5 Å². The Balaban J connectivity index is 2.36. The standard InChI is InChI=1S/C21H22F6N3O9S2/c1-3-4-9-36-19(31)16(17-28-7-8-29(17)2)18(37-11-13-5-6-14-15(10-13)39-12-38-14)30(40(32,33)20(22,23)24)41(34,35)21(25,26)27/h5-8,10,16H,3-4,9,11-12H2,1-2H3/q+1/p+1. The molecule has 0 radical (unpaired) electrons. The minimum Gasteiger partial charge on any atom is -0.464 e. The highest BCUT2D eigenvalue weighted by Gasteiger charge is 2.70. The van der Waals surface area contributed by atoms with Gasteiger partial charge in [-0.1, -0.05) is 19.4 Å². The van der Waals surface area contributed by atoms with Crippen LogP contribution in [0.3, 0.4) is 0 Å². The predicted octanol–water partition coefficient (Wildman–Crippen LogP) is 2.32. The van der Waals surface area contributed by atoms with Gasteiger partial charge in [0.2, 0.25) is 6.79 Å². The number of carbonyl (C=O) groups is 1. The molecule has 0 fully saturated rings. The number of hydrogen-bond acceptors (Lipinski definition) is 9. The minimum atomic E-state index is -7.41. The van der Waals surface area contributed by atoms with Crippen LogP contribution in [0.5, 0.6) is 11.5 Å². The van der Waals surface area contributed by atoms with E-state index in [1.807, 2.05) is 0 Å². The highest BCUT2D eigenvalue weighted by Crippen LogP contribution is 2.36. The van der Waals surface area contributed by atoms with Crippen molar-refractivity contribution in [3.05, 3.63) is 42.0 Å². The first-order valence-electron chi connectivity index (χ1n) is 11.4. The first-order valence-corrected chi connectivity index (χ1v) is 14.3. The zero-order valence-electron chi connectivity index (χ0n) is 21.2. The quantitative estimate of drug-likeness (QED) is 0.103. The van der Waals surface area contributed by atoms with Crippen molar-refractivity contribution in [2.45, 2.75) is 43.3 Å². The van der Waals surface area contributed by atoms with Crippen LogP contribution >= 0.6 is 0 Å². The normalized spacial score (nSPS) is 14.4. The minimum absolute atomic E-state index is 0.0329. The summed E-state index contributed by atoms with van der Waals surface area (Å²) in [5.41, 5.74) is -13.2. The largest absolute Gasteiger partial charge is 0.561 e. The molecular formula is C21H23F6N3O9S2+2. The molecule has 2 aromatic rings. The van der Waals surface area contributed by atoms with Gasteiger partial charge >= 0.3 is 42.9 Å². The van der Waals surface area contributed by atoms with Crippen molar-refractivity contribution in [3.63, 3.8) is 0 Å². The Hall–Kier alpha value is -3.55. The van der Waals surface area contributed by atoms with Gasteiger partial charge in [0.05, 0.1) is 17.0 Å². The predicted molar refractivity (Wildman–Crippen MR) is 123 cm³/mol. The Morgan fingerprint density at radius 1 is 1.05 bits per heavy atom. The zero-order valence-corrected chi connectivity index (χ0v) is 22.8. The highest BCUT2D eigenvalue weighted by atomic mass is 32.3. The second kappa shape index (κ2) is 11.7. The second-order valence-corrected chi connectivity index (χ2v) is 12.1. The maximum Gasteiger partial charge on any atom is 0.561 e. The number of sulfonamides is 2. The number of imidazole rings is 1. The molecule has 0 amide bonds. The molecule has 1 N–H and O–H groups in total. The van der Waals surface area contributed by atoms with Crippen LogP contribution in [-0.2, 0) is 48.0 Å². The number of aryl methyl sites for hydroxylation is 1. The lowest BCUT2D eigenvalue weighted by Gasteiger charge is -2.17. The van der Waals surface area contributed by atoms with E-state index < -0.39 is 64.7 Å². The summed E-state index contributed by atoms with van der Waals surface area (Å²) in [7, 11) is -13.6. The molecule has 1 atom stereocenters. The van der Waals surface area contributed by atoms with Crippen molar-refractivity contribution in [2.75, 3.05) is 13.4 Å². The van der Waals surface area contributed by atoms with E-state index in [2.05, 4.69) is 4.98 Å². The molecule has 1 aromatic carbocycles. The van der Waals surface area contributed by atoms with Gasteiger partial charge in [0.25, 0.3) is 11.7 Å². The molecule has 3 rings (SSSR count). The molecule has 12 nitrogen and oxygen atoms in total. The van der Waals surface area contributed by atoms with Gasteiger partial charge in [0, 0.05) is 0 Å². The molecule has 0 spiro atoms. The third-order valence-electron chi connectivity index (χ3n) is 5.43. The molecule has 0 saturated heterocycles. The number of unbranched alkanes of at least 4 members (excludes halogenated alkanes) is 1. The van der Waals surface area contributed by atoms with Gasteiger partial charge in [0.15, 0.2) is 11.5 Å². The van der Waals surface area contributed by atoms with Gasteiger partial charge in [0.1, 0.15) is 19.0 Å². The van der Waals surface area contributed by atoms with Crippen LogP contribution < -0.4 is 14.0 Å². The SMILES string of the molecule is CCCCOC(=O)C(C(OCc1ccc2c(c1)OCO2)=[N+](S(=O)(=O)C(F)(F)F)S(=O)(=O)C(F)(F)F)c1[nH]cc[n+]1C. The molecule has 1 aliphatic rings. The monoisotopic (exact) mass is 639 g/mol. The summed E-state index contributed by atoms with van der Waals surface area (Å²) in [5, 5.41) is 0. The number of hydrogen-bond donors (Lipinski definition) is 1. The summed E-state index contributed by atoms with van der Waals surface area (Å²) >= 11 is 0. The molecule has 1 aliphatic heterocycles. The van der Waals surface area contributed by atoms with Crippen LogP contribution in [0, 0.1) is 0 Å². The van der Waals surface area contributed by atoms with Crippen molar-refractivity contribution in [2.24, 2.45) is 7.05 Å². The lowest BCUT2D eigenvalue weighted by Crippen LogP contribution is -2.50. The Morgan fingerprint density at radius 2 is 1.66 bits per heavy atom. The van der Waals surface area contributed by atoms with E-state index >= 15 is 0 Å². The number of aromatic amines is 1. The lowest BCUT2D eigenvalue weighted by molar-refractivity contribution is -0.678. The molecule has 228 valence electrons. The molecule has 0 aliphatic carbocycles. The first-order chi connectivity index (χ1) is 18.9. The number of aromatic nitrogens is 2. The Labute approximate surface area is 229 Å². The number of nitrogens with zero attached hydrogens (tertiary/aromatic N) is 2. The van der Waals surface area contributed by atoms with Gasteiger partial charge < -0.3 is 18.9 Å². The Morgan fingerprint density at radius 3 is 2.20 bits per heavy atom. The van der Waals surface area contributed by atoms with Crippen LogP contribution in [0.2, 0.25) is 0 Å². The number of carbonyl (C=O) groups excluding carboxylic acids is 1. The lowest BCUT2D eigenvalue weighted by atomic mass is 10.1. The number of halogens is 6. The second-order valence-electron chi connectivity index (χ2n) is 8.32. The van der Waals surface area contributed by atoms with Crippen LogP contribution in [0.15, 0.2) is 30.6 Å². The van der Waals surface area contributed by atoms with E-state index in [9.17, 15) is 48.0 Å². The molecule has 0 saturated carbocycles. The molecule has 1 aromatic heterocycles. The van der Waals surface area contributed by atoms with Gasteiger partial charge in [-0.3, -0.25) is 4.79 Å². The Bertz CT molecular complexity index is 1490. The molecule has 20 heteroatoms. The van der Waals surface area contributed by atoms with Crippen molar-refractivity contribution < 1.29 is 74.9 Å². The molecule has 41 heavy (non-hydrogen) atoms. The van der Waals surface area contributed by atoms with E-state index in [-0.39, 0.29) is 36.9 Å². The Kier molecular flexibility index (Phi) is 9.16. The van der Waals surface area contributed by atoms with Crippen molar-refractivity contribution in [1.82, 2.24) is 4.98 Å². The number of nitrogens with one attached hydrogen (secondary N) is 1. The van der Waals surface area contributed by atoms with E-state index in [0.717, 1.165) is 17.0 Å². The summed E-state index contributed by atoms with van der Waals surface area (Å²) in [5.74, 6) is -6.47. The fraction of sp³-hybridized carbons (Fsp3) is 0.476. The number of benzene rings is 1. The van der Waals surface area contributed by atoms with Gasteiger partial charge in [-0.15, -0.1) is 0 Å². The summed E-state index contributed by atoms with van der Waals surface area (Å²) in [6, 6.07) is 3.73.